The lowest BCUT2D eigenvalue weighted by molar-refractivity contribution is 0.281. The molecule has 0 radical (unpaired) electrons. The van der Waals surface area contributed by atoms with E-state index in [0.29, 0.717) is 29.1 Å². The highest BCUT2D eigenvalue weighted by Gasteiger charge is 2.32. The van der Waals surface area contributed by atoms with Gasteiger partial charge in [0.15, 0.2) is 0 Å². The first kappa shape index (κ1) is 12.4. The fraction of sp³-hybridized carbons (Fsp3) is 0.385. The minimum Gasteiger partial charge on any atom is -0.467 e. The Bertz CT molecular complexity index is 555. The van der Waals surface area contributed by atoms with E-state index in [1.54, 1.807) is 6.26 Å². The van der Waals surface area contributed by atoms with Gasteiger partial charge in [0.1, 0.15) is 23.1 Å². The van der Waals surface area contributed by atoms with Crippen LogP contribution >= 0.6 is 11.6 Å². The van der Waals surface area contributed by atoms with Crippen molar-refractivity contribution in [1.29, 1.82) is 0 Å². The van der Waals surface area contributed by atoms with Crippen LogP contribution in [0.3, 0.4) is 0 Å². The van der Waals surface area contributed by atoms with Crippen molar-refractivity contribution in [1.82, 2.24) is 9.97 Å². The average Bonchev–Trinajstić information content (AvgIpc) is 3.13. The molecule has 0 bridgehead atoms. The number of aliphatic hydroxyl groups is 1. The molecule has 1 aliphatic rings. The Morgan fingerprint density at radius 1 is 1.42 bits per heavy atom. The smallest absolute Gasteiger partial charge is 0.140 e. The van der Waals surface area contributed by atoms with Crippen LogP contribution in [0.5, 0.6) is 0 Å². The highest BCUT2D eigenvalue weighted by molar-refractivity contribution is 6.30. The summed E-state index contributed by atoms with van der Waals surface area (Å²) in [5.41, 5.74) is 0.572. The van der Waals surface area contributed by atoms with E-state index >= 15 is 0 Å². The lowest BCUT2D eigenvalue weighted by Gasteiger charge is -2.24. The van der Waals surface area contributed by atoms with E-state index in [-0.39, 0.29) is 6.61 Å². The second-order valence-corrected chi connectivity index (χ2v) is 4.92. The molecule has 2 aromatic rings. The van der Waals surface area contributed by atoms with E-state index in [9.17, 15) is 5.11 Å². The van der Waals surface area contributed by atoms with Crippen LogP contribution < -0.4 is 4.90 Å². The number of anilines is 1. The van der Waals surface area contributed by atoms with E-state index in [1.165, 1.54) is 6.33 Å². The standard InChI is InChI=1S/C13H14ClN3O2/c14-12-11(7-18)13(16-8-15-12)17(9-3-4-9)6-10-2-1-5-19-10/h1-2,5,8-9,18H,3-4,6-7H2. The van der Waals surface area contributed by atoms with Gasteiger partial charge in [0, 0.05) is 6.04 Å². The highest BCUT2D eigenvalue weighted by atomic mass is 35.5. The summed E-state index contributed by atoms with van der Waals surface area (Å²) in [6.45, 7) is 0.453. The van der Waals surface area contributed by atoms with Gasteiger partial charge in [0.05, 0.1) is 25.0 Å². The van der Waals surface area contributed by atoms with Gasteiger partial charge in [0.25, 0.3) is 0 Å². The van der Waals surface area contributed by atoms with Gasteiger partial charge in [-0.05, 0) is 25.0 Å². The number of rotatable bonds is 5. The maximum absolute atomic E-state index is 9.46. The van der Waals surface area contributed by atoms with Gasteiger partial charge in [0.2, 0.25) is 0 Å². The number of hydrogen-bond acceptors (Lipinski definition) is 5. The molecule has 2 heterocycles. The molecule has 0 atom stereocenters. The fourth-order valence-corrected chi connectivity index (χ4v) is 2.29. The van der Waals surface area contributed by atoms with Crippen LogP contribution in [0.2, 0.25) is 5.15 Å². The first-order valence-electron chi connectivity index (χ1n) is 6.19. The molecule has 5 nitrogen and oxygen atoms in total. The molecule has 2 aromatic heterocycles. The van der Waals surface area contributed by atoms with Crippen molar-refractivity contribution in [2.24, 2.45) is 0 Å². The molecule has 1 fully saturated rings. The minimum absolute atomic E-state index is 0.170. The van der Waals surface area contributed by atoms with Gasteiger partial charge in [-0.2, -0.15) is 0 Å². The van der Waals surface area contributed by atoms with Crippen molar-refractivity contribution in [3.63, 3.8) is 0 Å². The molecule has 19 heavy (non-hydrogen) atoms. The maximum Gasteiger partial charge on any atom is 0.140 e. The summed E-state index contributed by atoms with van der Waals surface area (Å²) < 4.78 is 5.39. The zero-order valence-corrected chi connectivity index (χ0v) is 11.0. The minimum atomic E-state index is -0.170. The first-order chi connectivity index (χ1) is 9.29. The van der Waals surface area contributed by atoms with Crippen LogP contribution in [0.25, 0.3) is 0 Å². The summed E-state index contributed by atoms with van der Waals surface area (Å²) in [7, 11) is 0. The van der Waals surface area contributed by atoms with Crippen LogP contribution in [0.1, 0.15) is 24.2 Å². The molecule has 3 rings (SSSR count). The van der Waals surface area contributed by atoms with Crippen molar-refractivity contribution in [3.8, 4) is 0 Å². The fourth-order valence-electron chi connectivity index (χ4n) is 2.10. The van der Waals surface area contributed by atoms with Gasteiger partial charge in [-0.25, -0.2) is 9.97 Å². The molecule has 0 saturated heterocycles. The summed E-state index contributed by atoms with van der Waals surface area (Å²) in [4.78, 5) is 10.3. The van der Waals surface area contributed by atoms with E-state index in [2.05, 4.69) is 14.9 Å². The predicted molar refractivity (Wildman–Crippen MR) is 70.9 cm³/mol. The quantitative estimate of drug-likeness (QED) is 0.852. The van der Waals surface area contributed by atoms with Gasteiger partial charge < -0.3 is 14.4 Å². The van der Waals surface area contributed by atoms with Crippen molar-refractivity contribution < 1.29 is 9.52 Å². The van der Waals surface area contributed by atoms with E-state index in [0.717, 1.165) is 18.6 Å². The van der Waals surface area contributed by atoms with E-state index in [4.69, 9.17) is 16.0 Å². The van der Waals surface area contributed by atoms with Crippen molar-refractivity contribution in [3.05, 3.63) is 41.2 Å². The van der Waals surface area contributed by atoms with E-state index < -0.39 is 0 Å². The summed E-state index contributed by atoms with van der Waals surface area (Å²) in [5.74, 6) is 1.56. The number of aliphatic hydroxyl groups excluding tert-OH is 1. The van der Waals surface area contributed by atoms with Crippen LogP contribution in [0.4, 0.5) is 5.82 Å². The second-order valence-electron chi connectivity index (χ2n) is 4.56. The molecule has 0 unspecified atom stereocenters. The lowest BCUT2D eigenvalue weighted by atomic mass is 10.2. The molecule has 0 aliphatic heterocycles. The Morgan fingerprint density at radius 3 is 2.89 bits per heavy atom. The SMILES string of the molecule is OCc1c(Cl)ncnc1N(Cc1ccco1)C1CC1. The monoisotopic (exact) mass is 279 g/mol. The third-order valence-electron chi connectivity index (χ3n) is 3.19. The van der Waals surface area contributed by atoms with Gasteiger partial charge in [-0.3, -0.25) is 0 Å². The Labute approximate surface area is 115 Å². The molecular weight excluding hydrogens is 266 g/mol. The lowest BCUT2D eigenvalue weighted by Crippen LogP contribution is -2.27. The first-order valence-corrected chi connectivity index (χ1v) is 6.56. The Kier molecular flexibility index (Phi) is 3.40. The molecule has 0 amide bonds. The number of nitrogens with zero attached hydrogens (tertiary/aromatic N) is 3. The molecule has 1 N–H and O–H groups in total. The maximum atomic E-state index is 9.46. The average molecular weight is 280 g/mol. The third kappa shape index (κ3) is 2.57. The van der Waals surface area contributed by atoms with Gasteiger partial charge in [-0.1, -0.05) is 11.6 Å². The van der Waals surface area contributed by atoms with Crippen LogP contribution in [-0.2, 0) is 13.2 Å². The molecule has 1 saturated carbocycles. The molecule has 6 heteroatoms. The summed E-state index contributed by atoms with van der Waals surface area (Å²) in [5, 5.41) is 9.77. The zero-order valence-electron chi connectivity index (χ0n) is 10.3. The number of aromatic nitrogens is 2. The Morgan fingerprint density at radius 2 is 2.26 bits per heavy atom. The molecule has 0 spiro atoms. The van der Waals surface area contributed by atoms with Gasteiger partial charge >= 0.3 is 0 Å². The third-order valence-corrected chi connectivity index (χ3v) is 3.52. The summed E-state index contributed by atoms with van der Waals surface area (Å²) in [6, 6.07) is 4.22. The molecule has 0 aromatic carbocycles. The highest BCUT2D eigenvalue weighted by Crippen LogP contribution is 2.35. The van der Waals surface area contributed by atoms with Crippen molar-refractivity contribution >= 4 is 17.4 Å². The normalized spacial score (nSPS) is 14.6. The largest absolute Gasteiger partial charge is 0.467 e. The number of furan rings is 1. The van der Waals surface area contributed by atoms with Crippen LogP contribution in [0, 0.1) is 0 Å². The number of halogens is 1. The molecule has 1 aliphatic carbocycles. The Balaban J connectivity index is 1.94. The molecule has 100 valence electrons. The zero-order chi connectivity index (χ0) is 13.2. The Hall–Kier alpha value is -1.59. The predicted octanol–water partition coefficient (Wildman–Crippen LogP) is 2.38. The van der Waals surface area contributed by atoms with E-state index in [1.807, 2.05) is 12.1 Å². The van der Waals surface area contributed by atoms with Crippen LogP contribution in [-0.4, -0.2) is 21.1 Å². The molecular formula is C13H14ClN3O2. The van der Waals surface area contributed by atoms with Gasteiger partial charge in [-0.15, -0.1) is 0 Å². The summed E-state index contributed by atoms with van der Waals surface area (Å²) in [6.07, 6.45) is 5.31. The summed E-state index contributed by atoms with van der Waals surface area (Å²) >= 11 is 6.02. The van der Waals surface area contributed by atoms with Crippen molar-refractivity contribution in [2.45, 2.75) is 32.0 Å². The van der Waals surface area contributed by atoms with Crippen molar-refractivity contribution in [2.75, 3.05) is 4.90 Å². The topological polar surface area (TPSA) is 62.4 Å². The number of hydrogen-bond donors (Lipinski definition) is 1. The second kappa shape index (κ2) is 5.19. The van der Waals surface area contributed by atoms with Crippen LogP contribution in [0.15, 0.2) is 29.1 Å².